The zero-order valence-corrected chi connectivity index (χ0v) is 8.69. The summed E-state index contributed by atoms with van der Waals surface area (Å²) in [5.41, 5.74) is 0. The van der Waals surface area contributed by atoms with Gasteiger partial charge in [0.25, 0.3) is 0 Å². The number of nitrogens with one attached hydrogen (secondary N) is 1. The fraction of sp³-hybridized carbons (Fsp3) is 0.857. The molecule has 0 unspecified atom stereocenters. The van der Waals surface area contributed by atoms with Crippen LogP contribution in [-0.2, 0) is 19.4 Å². The van der Waals surface area contributed by atoms with Gasteiger partial charge in [-0.3, -0.25) is 4.79 Å². The van der Waals surface area contributed by atoms with E-state index in [4.69, 9.17) is 0 Å². The number of methoxy groups -OCH3 is 1. The molecule has 0 aromatic rings. The summed E-state index contributed by atoms with van der Waals surface area (Å²) >= 11 is 0. The first-order valence-electron chi connectivity index (χ1n) is 3.93. The van der Waals surface area contributed by atoms with Crippen molar-refractivity contribution in [2.75, 3.05) is 32.2 Å². The molecule has 0 aliphatic heterocycles. The van der Waals surface area contributed by atoms with Crippen molar-refractivity contribution in [1.82, 2.24) is 5.32 Å². The molecule has 5 nitrogen and oxygen atoms in total. The quantitative estimate of drug-likeness (QED) is 0.579. The van der Waals surface area contributed by atoms with Crippen molar-refractivity contribution in [3.8, 4) is 0 Å². The highest BCUT2D eigenvalue weighted by molar-refractivity contribution is 7.91. The molecule has 0 rings (SSSR count). The van der Waals surface area contributed by atoms with E-state index in [2.05, 4.69) is 10.1 Å². The largest absolute Gasteiger partial charge is 0.469 e. The van der Waals surface area contributed by atoms with Gasteiger partial charge in [-0.2, -0.15) is 0 Å². The Labute approximate surface area is 78.4 Å². The van der Waals surface area contributed by atoms with Gasteiger partial charge in [-0.15, -0.1) is 0 Å². The van der Waals surface area contributed by atoms with Gasteiger partial charge in [0.05, 0.1) is 25.0 Å². The maximum atomic E-state index is 11.2. The number of sulfone groups is 1. The summed E-state index contributed by atoms with van der Waals surface area (Å²) in [7, 11) is -0.197. The van der Waals surface area contributed by atoms with Crippen molar-refractivity contribution in [2.45, 2.75) is 6.42 Å². The summed E-state index contributed by atoms with van der Waals surface area (Å²) in [5, 5.41) is 2.73. The predicted octanol–water partition coefficient (Wildman–Crippen LogP) is -0.816. The van der Waals surface area contributed by atoms with E-state index >= 15 is 0 Å². The molecule has 0 aliphatic rings. The topological polar surface area (TPSA) is 72.5 Å². The molecule has 1 N–H and O–H groups in total. The maximum absolute atomic E-state index is 11.2. The van der Waals surface area contributed by atoms with E-state index in [1.807, 2.05) is 0 Å². The number of ether oxygens (including phenoxy) is 1. The highest BCUT2D eigenvalue weighted by Crippen LogP contribution is 1.94. The zero-order valence-electron chi connectivity index (χ0n) is 7.87. The smallest absolute Gasteiger partial charge is 0.306 e. The molecule has 0 saturated heterocycles. The predicted molar refractivity (Wildman–Crippen MR) is 49.2 cm³/mol. The van der Waals surface area contributed by atoms with Crippen LogP contribution in [0.25, 0.3) is 0 Å². The van der Waals surface area contributed by atoms with E-state index in [1.54, 1.807) is 7.05 Å². The van der Waals surface area contributed by atoms with Gasteiger partial charge in [0.15, 0.2) is 9.84 Å². The monoisotopic (exact) mass is 209 g/mol. The Balaban J connectivity index is 3.83. The Morgan fingerprint density at radius 2 is 2.00 bits per heavy atom. The molecule has 13 heavy (non-hydrogen) atoms. The molecule has 0 aromatic heterocycles. The van der Waals surface area contributed by atoms with Crippen molar-refractivity contribution in [3.05, 3.63) is 0 Å². The van der Waals surface area contributed by atoms with E-state index in [9.17, 15) is 13.2 Å². The standard InChI is InChI=1S/C7H15NO4S/c1-8-4-6-13(10,11)5-3-7(9)12-2/h8H,3-6H2,1-2H3. The second kappa shape index (κ2) is 5.93. The zero-order chi connectivity index (χ0) is 10.3. The van der Waals surface area contributed by atoms with Crippen molar-refractivity contribution in [2.24, 2.45) is 0 Å². The van der Waals surface area contributed by atoms with E-state index in [-0.39, 0.29) is 17.9 Å². The molecule has 0 fully saturated rings. The number of esters is 1. The molecule has 6 heteroatoms. The van der Waals surface area contributed by atoms with Gasteiger partial charge in [0, 0.05) is 6.54 Å². The molecule has 0 heterocycles. The van der Waals surface area contributed by atoms with Gasteiger partial charge in [0.2, 0.25) is 0 Å². The van der Waals surface area contributed by atoms with Crippen molar-refractivity contribution in [1.29, 1.82) is 0 Å². The Morgan fingerprint density at radius 1 is 1.38 bits per heavy atom. The molecule has 0 radical (unpaired) electrons. The Hall–Kier alpha value is -0.620. The van der Waals surface area contributed by atoms with Crippen LogP contribution in [0.3, 0.4) is 0 Å². The minimum atomic E-state index is -3.11. The van der Waals surface area contributed by atoms with E-state index in [1.165, 1.54) is 7.11 Å². The maximum Gasteiger partial charge on any atom is 0.306 e. The van der Waals surface area contributed by atoms with Crippen molar-refractivity contribution < 1.29 is 17.9 Å². The third-order valence-corrected chi connectivity index (χ3v) is 3.16. The van der Waals surface area contributed by atoms with E-state index in [0.717, 1.165) is 0 Å². The molecule has 0 aliphatic carbocycles. The van der Waals surface area contributed by atoms with Crippen LogP contribution in [-0.4, -0.2) is 46.6 Å². The molecule has 0 aromatic carbocycles. The molecule has 0 spiro atoms. The third-order valence-electron chi connectivity index (χ3n) is 1.51. The second-order valence-electron chi connectivity index (χ2n) is 2.58. The fourth-order valence-corrected chi connectivity index (χ4v) is 1.90. The van der Waals surface area contributed by atoms with Crippen LogP contribution in [0.1, 0.15) is 6.42 Å². The van der Waals surface area contributed by atoms with Gasteiger partial charge in [-0.1, -0.05) is 0 Å². The summed E-state index contributed by atoms with van der Waals surface area (Å²) in [6, 6.07) is 0. The highest BCUT2D eigenvalue weighted by atomic mass is 32.2. The Kier molecular flexibility index (Phi) is 5.65. The van der Waals surface area contributed by atoms with Crippen molar-refractivity contribution in [3.63, 3.8) is 0 Å². The highest BCUT2D eigenvalue weighted by Gasteiger charge is 2.12. The Bertz CT molecular complexity index is 247. The van der Waals surface area contributed by atoms with Crippen LogP contribution < -0.4 is 5.32 Å². The third kappa shape index (κ3) is 6.53. The van der Waals surface area contributed by atoms with Gasteiger partial charge in [-0.25, -0.2) is 8.42 Å². The number of rotatable bonds is 6. The van der Waals surface area contributed by atoms with Crippen LogP contribution in [0.4, 0.5) is 0 Å². The Morgan fingerprint density at radius 3 is 2.46 bits per heavy atom. The number of hydrogen-bond donors (Lipinski definition) is 1. The average molecular weight is 209 g/mol. The first-order chi connectivity index (χ1) is 6.02. The molecular weight excluding hydrogens is 194 g/mol. The molecular formula is C7H15NO4S. The van der Waals surface area contributed by atoms with Gasteiger partial charge >= 0.3 is 5.97 Å². The number of carbonyl (C=O) groups is 1. The van der Waals surface area contributed by atoms with Crippen LogP contribution in [0.15, 0.2) is 0 Å². The minimum Gasteiger partial charge on any atom is -0.469 e. The van der Waals surface area contributed by atoms with Crippen molar-refractivity contribution >= 4 is 15.8 Å². The first kappa shape index (κ1) is 12.4. The second-order valence-corrected chi connectivity index (χ2v) is 4.89. The summed E-state index contributed by atoms with van der Waals surface area (Å²) in [5.74, 6) is -0.574. The SMILES string of the molecule is CNCCS(=O)(=O)CCC(=O)OC. The first-order valence-corrected chi connectivity index (χ1v) is 5.76. The fourth-order valence-electron chi connectivity index (χ4n) is 0.701. The van der Waals surface area contributed by atoms with Crippen LogP contribution in [0, 0.1) is 0 Å². The lowest BCUT2D eigenvalue weighted by atomic mass is 10.5. The lowest BCUT2D eigenvalue weighted by Gasteiger charge is -2.02. The molecule has 0 amide bonds. The van der Waals surface area contributed by atoms with Gasteiger partial charge < -0.3 is 10.1 Å². The normalized spacial score (nSPS) is 11.2. The van der Waals surface area contributed by atoms with Crippen LogP contribution in [0.5, 0.6) is 0 Å². The number of carbonyl (C=O) groups excluding carboxylic acids is 1. The molecule has 0 saturated carbocycles. The summed E-state index contributed by atoms with van der Waals surface area (Å²) in [6.45, 7) is 0.406. The molecule has 78 valence electrons. The van der Waals surface area contributed by atoms with E-state index < -0.39 is 15.8 Å². The summed E-state index contributed by atoms with van der Waals surface area (Å²) in [6.07, 6.45) is -0.0669. The van der Waals surface area contributed by atoms with Gasteiger partial charge in [-0.05, 0) is 7.05 Å². The summed E-state index contributed by atoms with van der Waals surface area (Å²) < 4.78 is 26.7. The molecule has 0 bridgehead atoms. The lowest BCUT2D eigenvalue weighted by Crippen LogP contribution is -2.22. The lowest BCUT2D eigenvalue weighted by molar-refractivity contribution is -0.140. The minimum absolute atomic E-state index is 0.0560. The average Bonchev–Trinajstić information content (AvgIpc) is 2.11. The summed E-state index contributed by atoms with van der Waals surface area (Å²) in [4.78, 5) is 10.6. The molecule has 0 atom stereocenters. The van der Waals surface area contributed by atoms with Crippen LogP contribution in [0.2, 0.25) is 0 Å². The van der Waals surface area contributed by atoms with E-state index in [0.29, 0.717) is 6.54 Å². The number of hydrogen-bond acceptors (Lipinski definition) is 5. The van der Waals surface area contributed by atoms with Gasteiger partial charge in [0.1, 0.15) is 0 Å². The van der Waals surface area contributed by atoms with Crippen LogP contribution >= 0.6 is 0 Å².